The molecular weight excluding hydrogens is 218 g/mol. The van der Waals surface area contributed by atoms with Crippen molar-refractivity contribution in [2.75, 3.05) is 25.1 Å². The molecule has 0 unspecified atom stereocenters. The molecule has 1 saturated heterocycles. The number of aliphatic hydroxyl groups excluding tert-OH is 1. The van der Waals surface area contributed by atoms with Gasteiger partial charge in [0.05, 0.1) is 6.10 Å². The van der Waals surface area contributed by atoms with E-state index in [0.29, 0.717) is 24.1 Å². The molecule has 0 radical (unpaired) electrons. The lowest BCUT2D eigenvalue weighted by Crippen LogP contribution is -2.25. The second-order valence-corrected chi connectivity index (χ2v) is 3.78. The van der Waals surface area contributed by atoms with E-state index < -0.39 is 6.10 Å². The number of rotatable bonds is 2. The highest BCUT2D eigenvalue weighted by molar-refractivity contribution is 6.31. The smallest absolute Gasteiger partial charge is 0.171 e. The quantitative estimate of drug-likeness (QED) is 0.792. The van der Waals surface area contributed by atoms with Crippen molar-refractivity contribution in [2.24, 2.45) is 0 Å². The van der Waals surface area contributed by atoms with E-state index in [9.17, 15) is 5.11 Å². The van der Waals surface area contributed by atoms with Crippen LogP contribution in [0.25, 0.3) is 0 Å². The first-order valence-electron chi connectivity index (χ1n) is 4.64. The van der Waals surface area contributed by atoms with Crippen molar-refractivity contribution >= 4 is 17.4 Å². The van der Waals surface area contributed by atoms with Crippen molar-refractivity contribution in [1.29, 1.82) is 0 Å². The van der Waals surface area contributed by atoms with Gasteiger partial charge in [-0.25, -0.2) is 9.97 Å². The van der Waals surface area contributed by atoms with Crippen molar-refractivity contribution in [3.63, 3.8) is 0 Å². The first kappa shape index (κ1) is 10.6. The fourth-order valence-electron chi connectivity index (χ4n) is 1.69. The van der Waals surface area contributed by atoms with Crippen molar-refractivity contribution in [2.45, 2.75) is 12.2 Å². The summed E-state index contributed by atoms with van der Waals surface area (Å²) >= 11 is 5.91. The number of aromatic nitrogens is 2. The second kappa shape index (κ2) is 4.30. The highest BCUT2D eigenvalue weighted by Gasteiger charge is 2.32. The standard InChI is InChI=1S/C9H12ClN3O2/c1-15-7-5-13(4-6(7)14)9-8(10)11-2-3-12-9/h2-3,6-7,14H,4-5H2,1H3/t6-,7-/m0/s1. The number of ether oxygens (including phenoxy) is 1. The van der Waals surface area contributed by atoms with E-state index in [1.165, 1.54) is 6.20 Å². The van der Waals surface area contributed by atoms with Crippen LogP contribution in [-0.2, 0) is 4.74 Å². The van der Waals surface area contributed by atoms with Crippen LogP contribution < -0.4 is 4.90 Å². The molecule has 0 aromatic carbocycles. The Morgan fingerprint density at radius 2 is 2.20 bits per heavy atom. The summed E-state index contributed by atoms with van der Waals surface area (Å²) in [6, 6.07) is 0. The summed E-state index contributed by atoms with van der Waals surface area (Å²) in [6.45, 7) is 1.05. The van der Waals surface area contributed by atoms with Crippen LogP contribution in [0.4, 0.5) is 5.82 Å². The highest BCUT2D eigenvalue weighted by Crippen LogP contribution is 2.24. The minimum atomic E-state index is -0.506. The molecule has 0 aliphatic carbocycles. The van der Waals surface area contributed by atoms with E-state index in [4.69, 9.17) is 16.3 Å². The van der Waals surface area contributed by atoms with Gasteiger partial charge in [0, 0.05) is 32.6 Å². The predicted octanol–water partition coefficient (Wildman–Crippen LogP) is 0.326. The first-order chi connectivity index (χ1) is 7.22. The number of hydrogen-bond acceptors (Lipinski definition) is 5. The summed E-state index contributed by atoms with van der Waals surface area (Å²) in [6.07, 6.45) is 2.41. The Labute approximate surface area is 92.7 Å². The Morgan fingerprint density at radius 3 is 2.80 bits per heavy atom. The summed E-state index contributed by atoms with van der Waals surface area (Å²) in [5.41, 5.74) is 0. The van der Waals surface area contributed by atoms with Crippen molar-refractivity contribution in [3.8, 4) is 0 Å². The van der Waals surface area contributed by atoms with Crippen LogP contribution in [0.2, 0.25) is 5.15 Å². The fraction of sp³-hybridized carbons (Fsp3) is 0.556. The Kier molecular flexibility index (Phi) is 3.04. The molecule has 1 fully saturated rings. The van der Waals surface area contributed by atoms with Gasteiger partial charge in [-0.1, -0.05) is 11.6 Å². The van der Waals surface area contributed by atoms with E-state index in [1.54, 1.807) is 13.3 Å². The van der Waals surface area contributed by atoms with Crippen molar-refractivity contribution < 1.29 is 9.84 Å². The van der Waals surface area contributed by atoms with Crippen LogP contribution in [0.1, 0.15) is 0 Å². The largest absolute Gasteiger partial charge is 0.388 e. The lowest BCUT2D eigenvalue weighted by molar-refractivity contribution is 0.0217. The van der Waals surface area contributed by atoms with Gasteiger partial charge in [-0.05, 0) is 0 Å². The molecule has 5 nitrogen and oxygen atoms in total. The number of halogens is 1. The topological polar surface area (TPSA) is 58.5 Å². The molecular formula is C9H12ClN3O2. The highest BCUT2D eigenvalue weighted by atomic mass is 35.5. The van der Waals surface area contributed by atoms with Gasteiger partial charge in [0.15, 0.2) is 11.0 Å². The van der Waals surface area contributed by atoms with Gasteiger partial charge in [0.25, 0.3) is 0 Å². The monoisotopic (exact) mass is 229 g/mol. The Hall–Kier alpha value is -0.910. The zero-order valence-corrected chi connectivity index (χ0v) is 9.05. The summed E-state index contributed by atoms with van der Waals surface area (Å²) in [7, 11) is 1.58. The fourth-order valence-corrected chi connectivity index (χ4v) is 1.91. The molecule has 0 spiro atoms. The molecule has 6 heteroatoms. The second-order valence-electron chi connectivity index (χ2n) is 3.42. The van der Waals surface area contributed by atoms with E-state index in [1.807, 2.05) is 4.90 Å². The Balaban J connectivity index is 2.17. The molecule has 15 heavy (non-hydrogen) atoms. The molecule has 0 bridgehead atoms. The lowest BCUT2D eigenvalue weighted by atomic mass is 10.3. The molecule has 82 valence electrons. The van der Waals surface area contributed by atoms with Gasteiger partial charge in [0.1, 0.15) is 6.10 Å². The van der Waals surface area contributed by atoms with Crippen LogP contribution in [-0.4, -0.2) is 47.5 Å². The average molecular weight is 230 g/mol. The minimum Gasteiger partial charge on any atom is -0.388 e. The van der Waals surface area contributed by atoms with Gasteiger partial charge >= 0.3 is 0 Å². The number of nitrogens with zero attached hydrogens (tertiary/aromatic N) is 3. The zero-order valence-electron chi connectivity index (χ0n) is 8.30. The number of β-amino-alcohol motifs (C(OH)–C–C–N with tert-alkyl or cyclic N) is 1. The Morgan fingerprint density at radius 1 is 1.47 bits per heavy atom. The van der Waals surface area contributed by atoms with Crippen LogP contribution >= 0.6 is 11.6 Å². The minimum absolute atomic E-state index is 0.192. The van der Waals surface area contributed by atoms with Gasteiger partial charge in [0.2, 0.25) is 0 Å². The molecule has 1 N–H and O–H groups in total. The SMILES string of the molecule is CO[C@H]1CN(c2nccnc2Cl)C[C@@H]1O. The van der Waals surface area contributed by atoms with E-state index in [-0.39, 0.29) is 6.10 Å². The number of anilines is 1. The summed E-state index contributed by atoms with van der Waals surface area (Å²) in [5, 5.41) is 10.0. The molecule has 2 heterocycles. The third-order valence-corrected chi connectivity index (χ3v) is 2.74. The molecule has 1 aromatic rings. The van der Waals surface area contributed by atoms with Crippen molar-refractivity contribution in [3.05, 3.63) is 17.5 Å². The van der Waals surface area contributed by atoms with E-state index >= 15 is 0 Å². The molecule has 2 atom stereocenters. The van der Waals surface area contributed by atoms with Gasteiger partial charge in [-0.2, -0.15) is 0 Å². The zero-order chi connectivity index (χ0) is 10.8. The molecule has 1 aliphatic rings. The van der Waals surface area contributed by atoms with Gasteiger partial charge in [-0.3, -0.25) is 0 Å². The Bertz CT molecular complexity index is 350. The van der Waals surface area contributed by atoms with Crippen LogP contribution in [0, 0.1) is 0 Å². The predicted molar refractivity (Wildman–Crippen MR) is 56.1 cm³/mol. The third-order valence-electron chi connectivity index (χ3n) is 2.48. The molecule has 1 aliphatic heterocycles. The third kappa shape index (κ3) is 2.04. The van der Waals surface area contributed by atoms with Crippen LogP contribution in [0.3, 0.4) is 0 Å². The van der Waals surface area contributed by atoms with E-state index in [0.717, 1.165) is 0 Å². The maximum Gasteiger partial charge on any atom is 0.171 e. The van der Waals surface area contributed by atoms with E-state index in [2.05, 4.69) is 9.97 Å². The summed E-state index contributed by atoms with van der Waals surface area (Å²) < 4.78 is 5.13. The van der Waals surface area contributed by atoms with Crippen molar-refractivity contribution in [1.82, 2.24) is 9.97 Å². The summed E-state index contributed by atoms with van der Waals surface area (Å²) in [4.78, 5) is 9.94. The molecule has 1 aromatic heterocycles. The molecule has 0 amide bonds. The average Bonchev–Trinajstić information content (AvgIpc) is 2.60. The van der Waals surface area contributed by atoms with Gasteiger partial charge < -0.3 is 14.7 Å². The van der Waals surface area contributed by atoms with Crippen LogP contribution in [0.15, 0.2) is 12.4 Å². The maximum absolute atomic E-state index is 9.65. The number of aliphatic hydroxyl groups is 1. The van der Waals surface area contributed by atoms with Gasteiger partial charge in [-0.15, -0.1) is 0 Å². The lowest BCUT2D eigenvalue weighted by Gasteiger charge is -2.16. The normalized spacial score (nSPS) is 25.9. The summed E-state index contributed by atoms with van der Waals surface area (Å²) in [5.74, 6) is 0.595. The van der Waals surface area contributed by atoms with Crippen LogP contribution in [0.5, 0.6) is 0 Å². The molecule has 2 rings (SSSR count). The maximum atomic E-state index is 9.65. The first-order valence-corrected chi connectivity index (χ1v) is 5.02. The number of methoxy groups -OCH3 is 1. The molecule has 0 saturated carbocycles. The number of hydrogen-bond donors (Lipinski definition) is 1.